The molecule has 1 rings (SSSR count). The summed E-state index contributed by atoms with van der Waals surface area (Å²) in [5, 5.41) is 8.54. The average molecular weight is 215 g/mol. The summed E-state index contributed by atoms with van der Waals surface area (Å²) in [6, 6.07) is 0. The number of carboxylic acid groups (broad SMARTS) is 1. The molecule has 0 fully saturated rings. The highest BCUT2D eigenvalue weighted by Crippen LogP contribution is 2.09. The van der Waals surface area contributed by atoms with Crippen molar-refractivity contribution in [3.8, 4) is 6.08 Å². The number of rotatable bonds is 6. The van der Waals surface area contributed by atoms with E-state index >= 15 is 0 Å². The first kappa shape index (κ1) is 11.5. The van der Waals surface area contributed by atoms with E-state index in [1.54, 1.807) is 0 Å². The van der Waals surface area contributed by atoms with E-state index < -0.39 is 5.97 Å². The number of carbonyl (C=O) groups is 1. The van der Waals surface area contributed by atoms with Gasteiger partial charge < -0.3 is 19.0 Å². The van der Waals surface area contributed by atoms with Crippen LogP contribution in [0.5, 0.6) is 6.08 Å². The predicted octanol–water partition coefficient (Wildman–Crippen LogP) is 1.18. The normalized spacial score (nSPS) is 10.6. The number of aromatic nitrogens is 1. The topological polar surface area (TPSA) is 81.8 Å². The van der Waals surface area contributed by atoms with Gasteiger partial charge in [0.15, 0.2) is 5.69 Å². The molecule has 0 saturated heterocycles. The third-order valence-electron chi connectivity index (χ3n) is 1.46. The van der Waals surface area contributed by atoms with Crippen LogP contribution in [0.3, 0.4) is 0 Å². The van der Waals surface area contributed by atoms with Crippen molar-refractivity contribution in [3.05, 3.63) is 12.0 Å². The molecule has 6 nitrogen and oxygen atoms in total. The lowest BCUT2D eigenvalue weighted by Crippen LogP contribution is -2.11. The molecule has 0 saturated carbocycles. The predicted molar refractivity (Wildman–Crippen MR) is 50.0 cm³/mol. The summed E-state index contributed by atoms with van der Waals surface area (Å²) in [7, 11) is 0. The third kappa shape index (κ3) is 3.99. The van der Waals surface area contributed by atoms with Crippen molar-refractivity contribution < 1.29 is 23.8 Å². The molecule has 0 aliphatic carbocycles. The largest absolute Gasteiger partial charge is 0.476 e. The second-order valence-corrected chi connectivity index (χ2v) is 3.07. The highest BCUT2D eigenvalue weighted by molar-refractivity contribution is 5.84. The van der Waals surface area contributed by atoms with Gasteiger partial charge >= 0.3 is 12.0 Å². The number of ether oxygens (including phenoxy) is 2. The molecule has 0 aliphatic rings. The molecular formula is C9H13NO5. The van der Waals surface area contributed by atoms with Crippen molar-refractivity contribution in [2.45, 2.75) is 20.0 Å². The maximum absolute atomic E-state index is 10.4. The standard InChI is InChI=1S/C9H13NO5/c1-6(2)13-3-4-14-9-10-7(5-15-9)8(11)12/h5-6H,3-4H2,1-2H3,(H,11,12). The van der Waals surface area contributed by atoms with E-state index in [1.165, 1.54) is 0 Å². The first-order chi connectivity index (χ1) is 7.09. The zero-order valence-electron chi connectivity index (χ0n) is 8.60. The van der Waals surface area contributed by atoms with Crippen LogP contribution < -0.4 is 4.74 Å². The van der Waals surface area contributed by atoms with Crippen LogP contribution in [0.2, 0.25) is 0 Å². The summed E-state index contributed by atoms with van der Waals surface area (Å²) >= 11 is 0. The van der Waals surface area contributed by atoms with E-state index in [2.05, 4.69) is 4.98 Å². The Bertz CT molecular complexity index is 320. The van der Waals surface area contributed by atoms with Crippen LogP contribution in [0.1, 0.15) is 24.3 Å². The summed E-state index contributed by atoms with van der Waals surface area (Å²) in [6.45, 7) is 4.50. The molecule has 1 aromatic heterocycles. The summed E-state index contributed by atoms with van der Waals surface area (Å²) < 4.78 is 15.0. The average Bonchev–Trinajstić information content (AvgIpc) is 2.60. The lowest BCUT2D eigenvalue weighted by Gasteiger charge is -2.06. The van der Waals surface area contributed by atoms with E-state index in [0.717, 1.165) is 6.26 Å². The molecule has 1 aromatic rings. The second kappa shape index (κ2) is 5.35. The van der Waals surface area contributed by atoms with Crippen molar-refractivity contribution in [2.75, 3.05) is 13.2 Å². The molecule has 84 valence electrons. The second-order valence-electron chi connectivity index (χ2n) is 3.07. The maximum Gasteiger partial charge on any atom is 0.394 e. The van der Waals surface area contributed by atoms with E-state index in [1.807, 2.05) is 13.8 Å². The van der Waals surface area contributed by atoms with Gasteiger partial charge in [0.05, 0.1) is 12.7 Å². The first-order valence-corrected chi connectivity index (χ1v) is 4.53. The Balaban J connectivity index is 2.29. The Hall–Kier alpha value is -1.56. The van der Waals surface area contributed by atoms with Gasteiger partial charge in [-0.1, -0.05) is 0 Å². The molecule has 0 unspecified atom stereocenters. The van der Waals surface area contributed by atoms with Crippen molar-refractivity contribution >= 4 is 5.97 Å². The van der Waals surface area contributed by atoms with Gasteiger partial charge in [0, 0.05) is 0 Å². The lowest BCUT2D eigenvalue weighted by molar-refractivity contribution is 0.0480. The number of carboxylic acids is 1. The number of aromatic carboxylic acids is 1. The highest BCUT2D eigenvalue weighted by Gasteiger charge is 2.10. The van der Waals surface area contributed by atoms with Gasteiger partial charge in [-0.15, -0.1) is 0 Å². The monoisotopic (exact) mass is 215 g/mol. The van der Waals surface area contributed by atoms with Gasteiger partial charge in [-0.25, -0.2) is 4.79 Å². The number of nitrogens with zero attached hydrogens (tertiary/aromatic N) is 1. The molecule has 0 amide bonds. The first-order valence-electron chi connectivity index (χ1n) is 4.53. The molecule has 6 heteroatoms. The number of hydrogen-bond acceptors (Lipinski definition) is 5. The van der Waals surface area contributed by atoms with Gasteiger partial charge in [0.1, 0.15) is 12.9 Å². The molecule has 0 radical (unpaired) electrons. The van der Waals surface area contributed by atoms with Gasteiger partial charge in [-0.3, -0.25) is 0 Å². The van der Waals surface area contributed by atoms with Crippen LogP contribution in [0.25, 0.3) is 0 Å². The van der Waals surface area contributed by atoms with Gasteiger partial charge in [-0.05, 0) is 13.8 Å². The number of hydrogen-bond donors (Lipinski definition) is 1. The van der Waals surface area contributed by atoms with Crippen LogP contribution in [0.4, 0.5) is 0 Å². The minimum absolute atomic E-state index is 0.0558. The number of oxazole rings is 1. The van der Waals surface area contributed by atoms with Gasteiger partial charge in [0.25, 0.3) is 0 Å². The molecule has 0 bridgehead atoms. The Morgan fingerprint density at radius 2 is 2.33 bits per heavy atom. The Morgan fingerprint density at radius 3 is 2.87 bits per heavy atom. The molecule has 15 heavy (non-hydrogen) atoms. The van der Waals surface area contributed by atoms with Gasteiger partial charge in [-0.2, -0.15) is 4.98 Å². The fraction of sp³-hybridized carbons (Fsp3) is 0.556. The molecule has 1 heterocycles. The van der Waals surface area contributed by atoms with Crippen LogP contribution >= 0.6 is 0 Å². The van der Waals surface area contributed by atoms with E-state index in [-0.39, 0.29) is 24.5 Å². The van der Waals surface area contributed by atoms with Crippen molar-refractivity contribution in [1.29, 1.82) is 0 Å². The fourth-order valence-electron chi connectivity index (χ4n) is 0.835. The SMILES string of the molecule is CC(C)OCCOc1nc(C(=O)O)co1. The fourth-order valence-corrected chi connectivity index (χ4v) is 0.835. The third-order valence-corrected chi connectivity index (χ3v) is 1.46. The van der Waals surface area contributed by atoms with Crippen molar-refractivity contribution in [2.24, 2.45) is 0 Å². The maximum atomic E-state index is 10.4. The Labute approximate surface area is 86.8 Å². The summed E-state index contributed by atoms with van der Waals surface area (Å²) in [6.07, 6.45) is 1.11. The molecule has 1 N–H and O–H groups in total. The molecule has 0 aliphatic heterocycles. The zero-order chi connectivity index (χ0) is 11.3. The van der Waals surface area contributed by atoms with Crippen LogP contribution in [0.15, 0.2) is 10.7 Å². The lowest BCUT2D eigenvalue weighted by atomic mass is 10.5. The molecule has 0 atom stereocenters. The van der Waals surface area contributed by atoms with E-state index in [0.29, 0.717) is 6.61 Å². The minimum Gasteiger partial charge on any atom is -0.476 e. The molecular weight excluding hydrogens is 202 g/mol. The summed E-state index contributed by atoms with van der Waals surface area (Å²) in [4.78, 5) is 14.0. The quantitative estimate of drug-likeness (QED) is 0.717. The van der Waals surface area contributed by atoms with Crippen LogP contribution in [0, 0.1) is 0 Å². The summed E-state index contributed by atoms with van der Waals surface area (Å²) in [5.41, 5.74) is -0.172. The van der Waals surface area contributed by atoms with Crippen LogP contribution in [-0.4, -0.2) is 35.4 Å². The van der Waals surface area contributed by atoms with Crippen molar-refractivity contribution in [3.63, 3.8) is 0 Å². The Kier molecular flexibility index (Phi) is 4.11. The van der Waals surface area contributed by atoms with E-state index in [9.17, 15) is 4.79 Å². The highest BCUT2D eigenvalue weighted by atomic mass is 16.6. The van der Waals surface area contributed by atoms with E-state index in [4.69, 9.17) is 19.0 Å². The molecule has 0 spiro atoms. The smallest absolute Gasteiger partial charge is 0.394 e. The van der Waals surface area contributed by atoms with Crippen LogP contribution in [-0.2, 0) is 4.74 Å². The Morgan fingerprint density at radius 1 is 1.60 bits per heavy atom. The minimum atomic E-state index is -1.15. The summed E-state index contributed by atoms with van der Waals surface area (Å²) in [5.74, 6) is -1.15. The molecule has 0 aromatic carbocycles. The zero-order valence-corrected chi connectivity index (χ0v) is 8.60. The van der Waals surface area contributed by atoms with Gasteiger partial charge in [0.2, 0.25) is 0 Å². The van der Waals surface area contributed by atoms with Crippen molar-refractivity contribution in [1.82, 2.24) is 4.98 Å².